The van der Waals surface area contributed by atoms with E-state index in [0.717, 1.165) is 9.35 Å². The third kappa shape index (κ3) is 3.07. The van der Waals surface area contributed by atoms with Gasteiger partial charge in [-0.05, 0) is 46.3 Å². The zero-order valence-corrected chi connectivity index (χ0v) is 15.6. The van der Waals surface area contributed by atoms with Crippen LogP contribution in [-0.4, -0.2) is 20.1 Å². The fourth-order valence-corrected chi connectivity index (χ4v) is 4.81. The zero-order chi connectivity index (χ0) is 16.6. The van der Waals surface area contributed by atoms with E-state index in [4.69, 9.17) is 9.05 Å². The van der Waals surface area contributed by atoms with E-state index in [1.807, 2.05) is 17.5 Å². The van der Waals surface area contributed by atoms with Gasteiger partial charge in [-0.2, -0.15) is 0 Å². The summed E-state index contributed by atoms with van der Waals surface area (Å²) in [6.45, 7) is 0. The number of amides is 1. The molecule has 0 unspecified atom stereocenters. The van der Waals surface area contributed by atoms with Gasteiger partial charge in [-0.3, -0.25) is 9.36 Å². The summed E-state index contributed by atoms with van der Waals surface area (Å²) >= 11 is 4.92. The van der Waals surface area contributed by atoms with Gasteiger partial charge < -0.3 is 14.4 Å². The molecular weight excluding hydrogens is 401 g/mol. The summed E-state index contributed by atoms with van der Waals surface area (Å²) in [7, 11) is -0.693. The lowest BCUT2D eigenvalue weighted by Crippen LogP contribution is -2.08. The third-order valence-corrected chi connectivity index (χ3v) is 6.97. The van der Waals surface area contributed by atoms with Gasteiger partial charge in [0.2, 0.25) is 0 Å². The molecule has 0 saturated heterocycles. The van der Waals surface area contributed by atoms with E-state index in [1.165, 1.54) is 25.6 Å². The van der Waals surface area contributed by atoms with E-state index < -0.39 is 7.60 Å². The smallest absolute Gasteiger partial charge is 0.321 e. The topological polar surface area (TPSA) is 64.6 Å². The molecule has 0 saturated carbocycles. The summed E-state index contributed by atoms with van der Waals surface area (Å²) in [6, 6.07) is 6.95. The molecule has 0 radical (unpaired) electrons. The molecule has 23 heavy (non-hydrogen) atoms. The van der Waals surface area contributed by atoms with Gasteiger partial charge in [0.1, 0.15) is 0 Å². The molecule has 1 aliphatic rings. The molecule has 8 heteroatoms. The van der Waals surface area contributed by atoms with E-state index in [2.05, 4.69) is 21.2 Å². The van der Waals surface area contributed by atoms with E-state index in [0.29, 0.717) is 22.1 Å². The van der Waals surface area contributed by atoms with Crippen LogP contribution < -0.4 is 10.6 Å². The highest BCUT2D eigenvalue weighted by Gasteiger charge is 2.30. The van der Waals surface area contributed by atoms with Crippen molar-refractivity contribution < 1.29 is 18.4 Å². The molecule has 2 aromatic rings. The first-order chi connectivity index (χ1) is 11.0. The summed E-state index contributed by atoms with van der Waals surface area (Å²) in [5.74, 6) is -0.189. The molecule has 0 spiro atoms. The zero-order valence-electron chi connectivity index (χ0n) is 12.3. The normalized spacial score (nSPS) is 15.8. The molecule has 2 heterocycles. The van der Waals surface area contributed by atoms with Crippen molar-refractivity contribution >= 4 is 63.4 Å². The molecule has 1 aromatic heterocycles. The Morgan fingerprint density at radius 3 is 2.61 bits per heavy atom. The molecule has 120 valence electrons. The maximum Gasteiger partial charge on any atom is 0.360 e. The third-order valence-electron chi connectivity index (χ3n) is 3.46. The lowest BCUT2D eigenvalue weighted by Gasteiger charge is -2.14. The van der Waals surface area contributed by atoms with Crippen LogP contribution in [0.25, 0.3) is 11.6 Å². The van der Waals surface area contributed by atoms with Crippen molar-refractivity contribution in [3.8, 4) is 0 Å². The largest absolute Gasteiger partial charge is 0.360 e. The van der Waals surface area contributed by atoms with Crippen LogP contribution in [0, 0.1) is 0 Å². The summed E-state index contributed by atoms with van der Waals surface area (Å²) in [6.07, 6.45) is 1.81. The van der Waals surface area contributed by atoms with Crippen molar-refractivity contribution in [3.05, 3.63) is 44.6 Å². The van der Waals surface area contributed by atoms with Crippen molar-refractivity contribution in [3.63, 3.8) is 0 Å². The predicted octanol–water partition coefficient (Wildman–Crippen LogP) is 4.11. The van der Waals surface area contributed by atoms with Crippen LogP contribution in [-0.2, 0) is 18.4 Å². The van der Waals surface area contributed by atoms with Crippen LogP contribution in [0.15, 0.2) is 34.1 Å². The number of anilines is 1. The number of halogens is 1. The van der Waals surface area contributed by atoms with Crippen LogP contribution in [0.3, 0.4) is 0 Å². The lowest BCUT2D eigenvalue weighted by atomic mass is 10.1. The Hall–Kier alpha value is -1.24. The molecule has 0 atom stereocenters. The van der Waals surface area contributed by atoms with Gasteiger partial charge in [0, 0.05) is 40.2 Å². The van der Waals surface area contributed by atoms with Gasteiger partial charge in [-0.1, -0.05) is 0 Å². The van der Waals surface area contributed by atoms with Crippen LogP contribution in [0.2, 0.25) is 0 Å². The van der Waals surface area contributed by atoms with Crippen LogP contribution in [0.5, 0.6) is 0 Å². The number of hydrogen-bond donors (Lipinski definition) is 1. The second-order valence-corrected chi connectivity index (χ2v) is 8.87. The minimum absolute atomic E-state index is 0.189. The van der Waals surface area contributed by atoms with Gasteiger partial charge in [0.05, 0.1) is 10.9 Å². The van der Waals surface area contributed by atoms with Gasteiger partial charge in [0.15, 0.2) is 0 Å². The Labute approximate surface area is 146 Å². The molecule has 1 aliphatic heterocycles. The summed E-state index contributed by atoms with van der Waals surface area (Å²) < 4.78 is 23.5. The number of nitrogens with one attached hydrogen (secondary N) is 1. The monoisotopic (exact) mass is 413 g/mol. The Morgan fingerprint density at radius 2 is 2.00 bits per heavy atom. The Kier molecular flexibility index (Phi) is 4.58. The molecule has 1 aromatic carbocycles. The SMILES string of the molecule is COP(=O)(OC)c1ccc2c(c1)/C(=C/c1cc(Br)cs1)C(=O)N2. The first-order valence-electron chi connectivity index (χ1n) is 6.60. The lowest BCUT2D eigenvalue weighted by molar-refractivity contribution is -0.110. The number of hydrogen-bond acceptors (Lipinski definition) is 5. The van der Waals surface area contributed by atoms with E-state index in [9.17, 15) is 9.36 Å². The quantitative estimate of drug-likeness (QED) is 0.604. The van der Waals surface area contributed by atoms with Crippen molar-refractivity contribution in [2.45, 2.75) is 0 Å². The number of carbonyl (C=O) groups excluding carboxylic acids is 1. The maximum absolute atomic E-state index is 12.5. The summed E-state index contributed by atoms with van der Waals surface area (Å²) in [4.78, 5) is 13.2. The molecule has 0 aliphatic carbocycles. The minimum Gasteiger partial charge on any atom is -0.321 e. The molecule has 1 N–H and O–H groups in total. The van der Waals surface area contributed by atoms with Gasteiger partial charge in [-0.25, -0.2) is 0 Å². The maximum atomic E-state index is 12.5. The number of fused-ring (bicyclic) bond motifs is 1. The first-order valence-corrected chi connectivity index (χ1v) is 9.82. The Morgan fingerprint density at radius 1 is 1.26 bits per heavy atom. The predicted molar refractivity (Wildman–Crippen MR) is 96.2 cm³/mol. The number of rotatable bonds is 4. The van der Waals surface area contributed by atoms with Crippen molar-refractivity contribution in [1.29, 1.82) is 0 Å². The van der Waals surface area contributed by atoms with Crippen molar-refractivity contribution in [2.75, 3.05) is 19.5 Å². The minimum atomic E-state index is -3.36. The van der Waals surface area contributed by atoms with Crippen molar-refractivity contribution in [1.82, 2.24) is 0 Å². The average molecular weight is 414 g/mol. The first kappa shape index (κ1) is 16.6. The highest BCUT2D eigenvalue weighted by Crippen LogP contribution is 2.46. The number of carbonyl (C=O) groups is 1. The van der Waals surface area contributed by atoms with E-state index >= 15 is 0 Å². The second-order valence-electron chi connectivity index (χ2n) is 4.77. The molecule has 1 amide bonds. The Balaban J connectivity index is 2.10. The second kappa shape index (κ2) is 6.34. The molecule has 0 fully saturated rings. The number of benzene rings is 1. The summed E-state index contributed by atoms with van der Waals surface area (Å²) in [5.41, 5.74) is 1.89. The van der Waals surface area contributed by atoms with Crippen LogP contribution in [0.4, 0.5) is 5.69 Å². The van der Waals surface area contributed by atoms with Gasteiger partial charge in [0.25, 0.3) is 5.91 Å². The fourth-order valence-electron chi connectivity index (χ4n) is 2.32. The summed E-state index contributed by atoms with van der Waals surface area (Å²) in [5, 5.41) is 5.16. The fraction of sp³-hybridized carbons (Fsp3) is 0.133. The van der Waals surface area contributed by atoms with Crippen LogP contribution in [0.1, 0.15) is 10.4 Å². The molecular formula is C15H13BrNO4PS. The molecule has 5 nitrogen and oxygen atoms in total. The highest BCUT2D eigenvalue weighted by molar-refractivity contribution is 9.10. The van der Waals surface area contributed by atoms with E-state index in [-0.39, 0.29) is 5.91 Å². The standard InChI is InChI=1S/C15H13BrNO4PS/c1-20-22(19,21-2)10-3-4-14-12(6-10)13(15(18)17-14)7-11-5-9(16)8-23-11/h3-8H,1-2H3,(H,17,18)/b13-7-. The molecule has 0 bridgehead atoms. The van der Waals surface area contributed by atoms with Crippen LogP contribution >= 0.6 is 34.9 Å². The van der Waals surface area contributed by atoms with Crippen molar-refractivity contribution in [2.24, 2.45) is 0 Å². The highest BCUT2D eigenvalue weighted by atomic mass is 79.9. The Bertz CT molecular complexity index is 853. The number of thiophene rings is 1. The van der Waals surface area contributed by atoms with E-state index in [1.54, 1.807) is 18.2 Å². The average Bonchev–Trinajstić information content (AvgIpc) is 3.10. The van der Waals surface area contributed by atoms with Gasteiger partial charge in [-0.15, -0.1) is 11.3 Å². The van der Waals surface area contributed by atoms with Gasteiger partial charge >= 0.3 is 7.60 Å². The molecule has 3 rings (SSSR count).